The molecule has 2 aromatic carbocycles. The van der Waals surface area contributed by atoms with Crippen LogP contribution in [0.2, 0.25) is 0 Å². The van der Waals surface area contributed by atoms with E-state index in [0.717, 1.165) is 20.8 Å². The van der Waals surface area contributed by atoms with Crippen molar-refractivity contribution in [2.45, 2.75) is 6.67 Å². The summed E-state index contributed by atoms with van der Waals surface area (Å²) in [7, 11) is 0. The Kier molecular flexibility index (Phi) is 2.61. The van der Waals surface area contributed by atoms with Crippen LogP contribution in [0.25, 0.3) is 20.8 Å². The number of para-hydroxylation sites is 1. The van der Waals surface area contributed by atoms with Crippen molar-refractivity contribution in [2.24, 2.45) is 0 Å². The van der Waals surface area contributed by atoms with Gasteiger partial charge in [0.15, 0.2) is 0 Å². The highest BCUT2D eigenvalue weighted by molar-refractivity contribution is 7.21. The number of nitrogens with zero attached hydrogens (tertiary/aromatic N) is 1. The molecule has 3 heteroatoms. The van der Waals surface area contributed by atoms with Crippen LogP contribution in [0.3, 0.4) is 0 Å². The number of rotatable bonds is 2. The summed E-state index contributed by atoms with van der Waals surface area (Å²) in [6.45, 7) is -0.463. The first-order valence-corrected chi connectivity index (χ1v) is 6.20. The molecule has 0 bridgehead atoms. The average molecular weight is 243 g/mol. The molecule has 0 aliphatic heterocycles. The highest BCUT2D eigenvalue weighted by atomic mass is 32.1. The fourth-order valence-electron chi connectivity index (χ4n) is 1.82. The third-order valence-corrected chi connectivity index (χ3v) is 3.74. The van der Waals surface area contributed by atoms with Gasteiger partial charge in [-0.3, -0.25) is 0 Å². The predicted molar refractivity (Wildman–Crippen MR) is 69.9 cm³/mol. The number of halogens is 1. The topological polar surface area (TPSA) is 12.9 Å². The van der Waals surface area contributed by atoms with Gasteiger partial charge in [-0.15, -0.1) is 11.3 Å². The van der Waals surface area contributed by atoms with Crippen molar-refractivity contribution in [1.82, 2.24) is 4.98 Å². The Hall–Kier alpha value is -1.74. The van der Waals surface area contributed by atoms with Gasteiger partial charge in [-0.2, -0.15) is 0 Å². The first-order chi connectivity index (χ1) is 8.38. The molecular formula is C14H10FNS. The van der Waals surface area contributed by atoms with E-state index in [2.05, 4.69) is 4.98 Å². The molecular weight excluding hydrogens is 233 g/mol. The van der Waals surface area contributed by atoms with E-state index in [1.165, 1.54) is 0 Å². The van der Waals surface area contributed by atoms with Crippen molar-refractivity contribution in [2.75, 3.05) is 0 Å². The Labute approximate surface area is 103 Å². The molecule has 0 fully saturated rings. The van der Waals surface area contributed by atoms with Gasteiger partial charge in [0.1, 0.15) is 11.7 Å². The first-order valence-electron chi connectivity index (χ1n) is 5.38. The predicted octanol–water partition coefficient (Wildman–Crippen LogP) is 4.43. The van der Waals surface area contributed by atoms with E-state index in [4.69, 9.17) is 0 Å². The molecule has 0 spiro atoms. The fourth-order valence-corrected chi connectivity index (χ4v) is 2.84. The van der Waals surface area contributed by atoms with Crippen LogP contribution in [0.4, 0.5) is 4.39 Å². The van der Waals surface area contributed by atoms with Gasteiger partial charge >= 0.3 is 0 Å². The second-order valence-corrected chi connectivity index (χ2v) is 4.81. The van der Waals surface area contributed by atoms with Gasteiger partial charge in [-0.1, -0.05) is 42.5 Å². The van der Waals surface area contributed by atoms with E-state index < -0.39 is 6.67 Å². The summed E-state index contributed by atoms with van der Waals surface area (Å²) >= 11 is 1.60. The summed E-state index contributed by atoms with van der Waals surface area (Å²) in [5.74, 6) is 0. The van der Waals surface area contributed by atoms with Crippen LogP contribution in [-0.2, 0) is 6.67 Å². The zero-order valence-corrected chi connectivity index (χ0v) is 9.88. The number of alkyl halides is 1. The molecule has 17 heavy (non-hydrogen) atoms. The quantitative estimate of drug-likeness (QED) is 0.648. The molecule has 1 heterocycles. The summed E-state index contributed by atoms with van der Waals surface area (Å²) in [6, 6.07) is 15.6. The lowest BCUT2D eigenvalue weighted by atomic mass is 10.2. The molecule has 1 nitrogen and oxygen atoms in total. The molecule has 0 saturated carbocycles. The van der Waals surface area contributed by atoms with Gasteiger partial charge in [0.25, 0.3) is 0 Å². The molecule has 0 saturated heterocycles. The smallest absolute Gasteiger partial charge is 0.124 e. The third kappa shape index (κ3) is 1.83. The summed E-state index contributed by atoms with van der Waals surface area (Å²) in [6.07, 6.45) is 0. The normalized spacial score (nSPS) is 10.9. The van der Waals surface area contributed by atoms with Gasteiger partial charge in [-0.05, 0) is 6.07 Å². The highest BCUT2D eigenvalue weighted by Crippen LogP contribution is 2.31. The van der Waals surface area contributed by atoms with E-state index in [-0.39, 0.29) is 0 Å². The summed E-state index contributed by atoms with van der Waals surface area (Å²) in [5.41, 5.74) is 2.54. The van der Waals surface area contributed by atoms with E-state index in [1.54, 1.807) is 17.4 Å². The van der Waals surface area contributed by atoms with Crippen LogP contribution in [0.15, 0.2) is 48.5 Å². The molecule has 0 atom stereocenters. The van der Waals surface area contributed by atoms with Crippen LogP contribution in [0.5, 0.6) is 0 Å². The van der Waals surface area contributed by atoms with Crippen molar-refractivity contribution >= 4 is 21.6 Å². The number of benzene rings is 2. The second-order valence-electron chi connectivity index (χ2n) is 3.78. The monoisotopic (exact) mass is 243 g/mol. The minimum absolute atomic E-state index is 0.463. The lowest BCUT2D eigenvalue weighted by Crippen LogP contribution is -1.81. The van der Waals surface area contributed by atoms with Gasteiger partial charge < -0.3 is 0 Å². The van der Waals surface area contributed by atoms with Gasteiger partial charge in [0.2, 0.25) is 0 Å². The Morgan fingerprint density at radius 1 is 1.00 bits per heavy atom. The van der Waals surface area contributed by atoms with Crippen LogP contribution >= 0.6 is 11.3 Å². The van der Waals surface area contributed by atoms with Crippen molar-refractivity contribution in [3.63, 3.8) is 0 Å². The van der Waals surface area contributed by atoms with Crippen LogP contribution in [-0.4, -0.2) is 4.98 Å². The SMILES string of the molecule is FCc1cccc2sc(-c3ccccc3)nc12. The van der Waals surface area contributed by atoms with Crippen LogP contribution in [0, 0.1) is 0 Å². The second kappa shape index (κ2) is 4.26. The van der Waals surface area contributed by atoms with Crippen LogP contribution in [0.1, 0.15) is 5.56 Å². The lowest BCUT2D eigenvalue weighted by molar-refractivity contribution is 0.487. The number of hydrogen-bond acceptors (Lipinski definition) is 2. The highest BCUT2D eigenvalue weighted by Gasteiger charge is 2.08. The largest absolute Gasteiger partial charge is 0.246 e. The molecule has 0 aliphatic rings. The molecule has 1 aromatic heterocycles. The standard InChI is InChI=1S/C14H10FNS/c15-9-11-7-4-8-12-13(11)16-14(17-12)10-5-2-1-3-6-10/h1-8H,9H2. The van der Waals surface area contributed by atoms with Crippen molar-refractivity contribution in [3.8, 4) is 10.6 Å². The maximum absolute atomic E-state index is 12.8. The van der Waals surface area contributed by atoms with E-state index >= 15 is 0 Å². The maximum atomic E-state index is 12.8. The number of thiazole rings is 1. The van der Waals surface area contributed by atoms with Gasteiger partial charge in [-0.25, -0.2) is 9.37 Å². The molecule has 0 amide bonds. The van der Waals surface area contributed by atoms with Crippen molar-refractivity contribution in [3.05, 3.63) is 54.1 Å². The Balaban J connectivity index is 2.20. The van der Waals surface area contributed by atoms with Crippen molar-refractivity contribution < 1.29 is 4.39 Å². The molecule has 84 valence electrons. The maximum Gasteiger partial charge on any atom is 0.124 e. The van der Waals surface area contributed by atoms with Crippen LogP contribution < -0.4 is 0 Å². The third-order valence-electron chi connectivity index (χ3n) is 2.67. The molecule has 0 N–H and O–H groups in total. The minimum Gasteiger partial charge on any atom is -0.246 e. The Morgan fingerprint density at radius 3 is 2.59 bits per heavy atom. The average Bonchev–Trinajstić information content (AvgIpc) is 2.83. The van der Waals surface area contributed by atoms with E-state index in [1.807, 2.05) is 42.5 Å². The Morgan fingerprint density at radius 2 is 1.82 bits per heavy atom. The molecule has 3 aromatic rings. The summed E-state index contributed by atoms with van der Waals surface area (Å²) < 4.78 is 13.9. The zero-order chi connectivity index (χ0) is 11.7. The number of hydrogen-bond donors (Lipinski definition) is 0. The number of fused-ring (bicyclic) bond motifs is 1. The molecule has 0 unspecified atom stereocenters. The van der Waals surface area contributed by atoms with Gasteiger partial charge in [0, 0.05) is 11.1 Å². The van der Waals surface area contributed by atoms with E-state index in [9.17, 15) is 4.39 Å². The first kappa shape index (κ1) is 10.4. The minimum atomic E-state index is -0.463. The number of aromatic nitrogens is 1. The van der Waals surface area contributed by atoms with E-state index in [0.29, 0.717) is 5.56 Å². The fraction of sp³-hybridized carbons (Fsp3) is 0.0714. The summed E-state index contributed by atoms with van der Waals surface area (Å²) in [5, 5.41) is 0.946. The zero-order valence-electron chi connectivity index (χ0n) is 9.06. The molecule has 0 aliphatic carbocycles. The molecule has 3 rings (SSSR count). The molecule has 0 radical (unpaired) electrons. The Bertz CT molecular complexity index is 646. The van der Waals surface area contributed by atoms with Gasteiger partial charge in [0.05, 0.1) is 10.2 Å². The summed E-state index contributed by atoms with van der Waals surface area (Å²) in [4.78, 5) is 4.53. The lowest BCUT2D eigenvalue weighted by Gasteiger charge is -1.94. The van der Waals surface area contributed by atoms with Crippen molar-refractivity contribution in [1.29, 1.82) is 0 Å².